The lowest BCUT2D eigenvalue weighted by Gasteiger charge is -2.16. The van der Waals surface area contributed by atoms with Crippen LogP contribution >= 0.6 is 0 Å². The van der Waals surface area contributed by atoms with Gasteiger partial charge in [-0.25, -0.2) is 0 Å². The highest BCUT2D eigenvalue weighted by Gasteiger charge is 2.28. The Labute approximate surface area is 55.2 Å². The molecule has 1 radical (unpaired) electrons. The van der Waals surface area contributed by atoms with E-state index in [4.69, 9.17) is 4.74 Å². The first-order valence-electron chi connectivity index (χ1n) is 3.14. The molecule has 2 nitrogen and oxygen atoms in total. The highest BCUT2D eigenvalue weighted by Crippen LogP contribution is 2.29. The van der Waals surface area contributed by atoms with E-state index in [0.29, 0.717) is 13.0 Å². The average Bonchev–Trinajstić information content (AvgIpc) is 2.16. The van der Waals surface area contributed by atoms with E-state index in [9.17, 15) is 4.79 Å². The van der Waals surface area contributed by atoms with Crippen molar-refractivity contribution in [3.8, 4) is 0 Å². The summed E-state index contributed by atoms with van der Waals surface area (Å²) in [5, 5.41) is 0. The molecular weight excluding hydrogens is 116 g/mol. The van der Waals surface area contributed by atoms with Gasteiger partial charge in [0, 0.05) is 18.4 Å². The zero-order valence-corrected chi connectivity index (χ0v) is 5.43. The lowest BCUT2D eigenvalue weighted by atomic mass is 9.87. The van der Waals surface area contributed by atoms with Gasteiger partial charge in [-0.2, -0.15) is 0 Å². The topological polar surface area (TPSA) is 26.3 Å². The first kappa shape index (κ1) is 6.75. The van der Waals surface area contributed by atoms with Crippen molar-refractivity contribution >= 4 is 6.29 Å². The highest BCUT2D eigenvalue weighted by atomic mass is 16.5. The van der Waals surface area contributed by atoms with Gasteiger partial charge in [0.2, 0.25) is 0 Å². The summed E-state index contributed by atoms with van der Waals surface area (Å²) in [6, 6.07) is 0. The number of hydrogen-bond acceptors (Lipinski definition) is 2. The third-order valence-corrected chi connectivity index (χ3v) is 1.70. The van der Waals surface area contributed by atoms with Crippen molar-refractivity contribution in [2.75, 3.05) is 13.2 Å². The maximum atomic E-state index is 10.1. The molecule has 1 heterocycles. The zero-order valence-electron chi connectivity index (χ0n) is 5.43. The van der Waals surface area contributed by atoms with Crippen molar-refractivity contribution in [3.05, 3.63) is 6.92 Å². The van der Waals surface area contributed by atoms with Crippen LogP contribution in [-0.4, -0.2) is 19.5 Å². The van der Waals surface area contributed by atoms with Crippen molar-refractivity contribution in [2.24, 2.45) is 5.41 Å². The summed E-state index contributed by atoms with van der Waals surface area (Å²) in [4.78, 5) is 10.1. The Kier molecular flexibility index (Phi) is 1.86. The Morgan fingerprint density at radius 3 is 3.00 bits per heavy atom. The van der Waals surface area contributed by atoms with Crippen LogP contribution in [0, 0.1) is 12.3 Å². The summed E-state index contributed by atoms with van der Waals surface area (Å²) in [5.41, 5.74) is -0.0955. The minimum atomic E-state index is -0.0955. The molecule has 0 aromatic rings. The molecule has 1 aliphatic rings. The number of carbonyl (C=O) groups is 1. The van der Waals surface area contributed by atoms with E-state index in [1.165, 1.54) is 0 Å². The van der Waals surface area contributed by atoms with Crippen LogP contribution in [0.2, 0.25) is 0 Å². The van der Waals surface area contributed by atoms with Crippen LogP contribution in [0.3, 0.4) is 0 Å². The Morgan fingerprint density at radius 2 is 2.56 bits per heavy atom. The van der Waals surface area contributed by atoms with E-state index in [0.717, 1.165) is 19.3 Å². The van der Waals surface area contributed by atoms with Crippen molar-refractivity contribution < 1.29 is 9.53 Å². The predicted molar refractivity (Wildman–Crippen MR) is 33.9 cm³/mol. The molecule has 1 aliphatic heterocycles. The van der Waals surface area contributed by atoms with Gasteiger partial charge in [-0.3, -0.25) is 0 Å². The van der Waals surface area contributed by atoms with Crippen molar-refractivity contribution in [3.63, 3.8) is 0 Å². The first-order chi connectivity index (χ1) is 4.27. The highest BCUT2D eigenvalue weighted by molar-refractivity contribution is 5.51. The molecule has 0 aromatic carbocycles. The molecular formula is C7H11O2. The van der Waals surface area contributed by atoms with Crippen LogP contribution in [0.15, 0.2) is 0 Å². The second-order valence-electron chi connectivity index (χ2n) is 2.67. The van der Waals surface area contributed by atoms with E-state index in [1.54, 1.807) is 0 Å². The van der Waals surface area contributed by atoms with Crippen LogP contribution in [0.1, 0.15) is 12.8 Å². The number of aldehydes is 1. The molecule has 0 amide bonds. The van der Waals surface area contributed by atoms with Crippen LogP contribution < -0.4 is 0 Å². The van der Waals surface area contributed by atoms with Crippen molar-refractivity contribution in [1.29, 1.82) is 0 Å². The summed E-state index contributed by atoms with van der Waals surface area (Å²) < 4.78 is 5.09. The van der Waals surface area contributed by atoms with Gasteiger partial charge < -0.3 is 9.53 Å². The maximum Gasteiger partial charge on any atom is 0.120 e. The van der Waals surface area contributed by atoms with E-state index >= 15 is 0 Å². The molecule has 1 fully saturated rings. The van der Waals surface area contributed by atoms with Crippen LogP contribution in [0.4, 0.5) is 0 Å². The normalized spacial score (nSPS) is 34.8. The van der Waals surface area contributed by atoms with Gasteiger partial charge in [0.15, 0.2) is 0 Å². The molecule has 9 heavy (non-hydrogen) atoms. The Bertz CT molecular complexity index is 103. The van der Waals surface area contributed by atoms with Crippen molar-refractivity contribution in [2.45, 2.75) is 12.8 Å². The van der Waals surface area contributed by atoms with Gasteiger partial charge in [0.05, 0.1) is 6.61 Å². The second-order valence-corrected chi connectivity index (χ2v) is 2.67. The largest absolute Gasteiger partial charge is 0.381 e. The third-order valence-electron chi connectivity index (χ3n) is 1.70. The molecule has 0 bridgehead atoms. The van der Waals surface area contributed by atoms with Gasteiger partial charge >= 0.3 is 0 Å². The van der Waals surface area contributed by atoms with Crippen molar-refractivity contribution in [1.82, 2.24) is 0 Å². The molecule has 2 heteroatoms. The quantitative estimate of drug-likeness (QED) is 0.513. The van der Waals surface area contributed by atoms with Gasteiger partial charge in [0.25, 0.3) is 0 Å². The standard InChI is InChI=1S/C7H11O2/c1-7(2-4-8)3-5-9-6-7/h4H,1-3,5-6H2. The fraction of sp³-hybridized carbons (Fsp3) is 0.714. The number of ether oxygens (including phenoxy) is 1. The lowest BCUT2D eigenvalue weighted by molar-refractivity contribution is -0.109. The molecule has 51 valence electrons. The molecule has 0 aromatic heterocycles. The number of rotatable bonds is 2. The fourth-order valence-corrected chi connectivity index (χ4v) is 0.987. The summed E-state index contributed by atoms with van der Waals surface area (Å²) in [5.74, 6) is 0. The Morgan fingerprint density at radius 1 is 1.78 bits per heavy atom. The molecule has 1 saturated heterocycles. The molecule has 0 N–H and O–H groups in total. The number of hydrogen-bond donors (Lipinski definition) is 0. The molecule has 1 unspecified atom stereocenters. The van der Waals surface area contributed by atoms with Crippen LogP contribution in [-0.2, 0) is 9.53 Å². The van der Waals surface area contributed by atoms with Gasteiger partial charge in [0.1, 0.15) is 6.29 Å². The molecule has 0 spiro atoms. The van der Waals surface area contributed by atoms with E-state index in [2.05, 4.69) is 6.92 Å². The third kappa shape index (κ3) is 1.52. The SMILES string of the molecule is [CH2]C1(CC=O)CCOC1. The summed E-state index contributed by atoms with van der Waals surface area (Å²) in [6.45, 7) is 5.31. The van der Waals surface area contributed by atoms with Crippen LogP contribution in [0.25, 0.3) is 0 Å². The van der Waals surface area contributed by atoms with Gasteiger partial charge in [-0.1, -0.05) is 0 Å². The second kappa shape index (κ2) is 2.48. The zero-order chi connectivity index (χ0) is 6.74. The Balaban J connectivity index is 2.40. The summed E-state index contributed by atoms with van der Waals surface area (Å²) in [7, 11) is 0. The molecule has 0 saturated carbocycles. The monoisotopic (exact) mass is 127 g/mol. The van der Waals surface area contributed by atoms with E-state index < -0.39 is 0 Å². The Hall–Kier alpha value is -0.370. The van der Waals surface area contributed by atoms with Gasteiger partial charge in [-0.05, 0) is 13.3 Å². The predicted octanol–water partition coefficient (Wildman–Crippen LogP) is 0.816. The fourth-order valence-electron chi connectivity index (χ4n) is 0.987. The van der Waals surface area contributed by atoms with E-state index in [-0.39, 0.29) is 5.41 Å². The lowest BCUT2D eigenvalue weighted by Crippen LogP contribution is -2.16. The summed E-state index contributed by atoms with van der Waals surface area (Å²) in [6.07, 6.45) is 2.38. The summed E-state index contributed by atoms with van der Waals surface area (Å²) >= 11 is 0. The molecule has 0 aliphatic carbocycles. The first-order valence-corrected chi connectivity index (χ1v) is 3.14. The average molecular weight is 127 g/mol. The minimum Gasteiger partial charge on any atom is -0.381 e. The van der Waals surface area contributed by atoms with E-state index in [1.807, 2.05) is 0 Å². The minimum absolute atomic E-state index is 0.0955. The smallest absolute Gasteiger partial charge is 0.120 e. The van der Waals surface area contributed by atoms with Gasteiger partial charge in [-0.15, -0.1) is 0 Å². The number of carbonyl (C=O) groups excluding carboxylic acids is 1. The van der Waals surface area contributed by atoms with Crippen LogP contribution in [0.5, 0.6) is 0 Å². The molecule has 1 atom stereocenters. The molecule has 1 rings (SSSR count). The maximum absolute atomic E-state index is 10.1.